The van der Waals surface area contributed by atoms with E-state index in [0.29, 0.717) is 38.4 Å². The van der Waals surface area contributed by atoms with Gasteiger partial charge in [0.25, 0.3) is 0 Å². The summed E-state index contributed by atoms with van der Waals surface area (Å²) in [5, 5.41) is 0. The van der Waals surface area contributed by atoms with Crippen molar-refractivity contribution >= 4 is 23.7 Å². The SMILES string of the molecule is CC(CC(=O)OC(=O)N1CCC1)C(=O)N1CCN(c2ccc(F)c(F)c2)[C@@H](C)C1. The van der Waals surface area contributed by atoms with E-state index in [1.54, 1.807) is 11.8 Å². The van der Waals surface area contributed by atoms with Gasteiger partial charge in [-0.25, -0.2) is 13.6 Å². The molecule has 158 valence electrons. The highest BCUT2D eigenvalue weighted by molar-refractivity contribution is 5.88. The molecule has 9 heteroatoms. The van der Waals surface area contributed by atoms with Crippen LogP contribution in [-0.4, -0.2) is 66.5 Å². The molecule has 0 saturated carbocycles. The molecule has 1 unspecified atom stereocenters. The molecule has 29 heavy (non-hydrogen) atoms. The zero-order chi connectivity index (χ0) is 21.1. The molecule has 2 amide bonds. The Bertz CT molecular complexity index is 800. The van der Waals surface area contributed by atoms with Crippen molar-refractivity contribution in [2.45, 2.75) is 32.7 Å². The molecular formula is C20H25F2N3O4. The zero-order valence-electron chi connectivity index (χ0n) is 16.6. The van der Waals surface area contributed by atoms with Crippen LogP contribution in [0.4, 0.5) is 19.3 Å². The summed E-state index contributed by atoms with van der Waals surface area (Å²) in [6, 6.07) is 3.64. The normalized spacial score (nSPS) is 20.1. The maximum atomic E-state index is 13.5. The molecule has 2 saturated heterocycles. The third-order valence-electron chi connectivity index (χ3n) is 5.38. The average Bonchev–Trinajstić information content (AvgIpc) is 2.61. The molecule has 3 rings (SSSR count). The number of nitrogens with zero attached hydrogens (tertiary/aromatic N) is 3. The summed E-state index contributed by atoms with van der Waals surface area (Å²) in [5.41, 5.74) is 0.560. The van der Waals surface area contributed by atoms with Crippen LogP contribution in [0.3, 0.4) is 0 Å². The van der Waals surface area contributed by atoms with Gasteiger partial charge in [0.1, 0.15) is 0 Å². The molecule has 2 aliphatic rings. The van der Waals surface area contributed by atoms with Crippen LogP contribution in [0.5, 0.6) is 0 Å². The van der Waals surface area contributed by atoms with Gasteiger partial charge in [0.05, 0.1) is 6.42 Å². The third kappa shape index (κ3) is 4.83. The van der Waals surface area contributed by atoms with Crippen LogP contribution in [0.15, 0.2) is 18.2 Å². The van der Waals surface area contributed by atoms with E-state index in [4.69, 9.17) is 4.74 Å². The van der Waals surface area contributed by atoms with Crippen molar-refractivity contribution in [3.8, 4) is 0 Å². The zero-order valence-corrected chi connectivity index (χ0v) is 16.6. The maximum Gasteiger partial charge on any atom is 0.417 e. The summed E-state index contributed by atoms with van der Waals surface area (Å²) in [5.74, 6) is -3.34. The van der Waals surface area contributed by atoms with E-state index in [-0.39, 0.29) is 18.4 Å². The van der Waals surface area contributed by atoms with Crippen molar-refractivity contribution in [2.24, 2.45) is 5.92 Å². The molecule has 0 radical (unpaired) electrons. The van der Waals surface area contributed by atoms with Gasteiger partial charge < -0.3 is 19.4 Å². The van der Waals surface area contributed by atoms with Crippen LogP contribution in [0, 0.1) is 17.6 Å². The minimum atomic E-state index is -0.909. The number of rotatable bonds is 4. The fraction of sp³-hybridized carbons (Fsp3) is 0.550. The lowest BCUT2D eigenvalue weighted by atomic mass is 10.0. The van der Waals surface area contributed by atoms with E-state index < -0.39 is 29.6 Å². The fourth-order valence-corrected chi connectivity index (χ4v) is 3.56. The second kappa shape index (κ2) is 8.75. The van der Waals surface area contributed by atoms with E-state index >= 15 is 0 Å². The summed E-state index contributed by atoms with van der Waals surface area (Å²) < 4.78 is 31.5. The number of benzene rings is 1. The minimum Gasteiger partial charge on any atom is -0.376 e. The maximum absolute atomic E-state index is 13.5. The van der Waals surface area contributed by atoms with Crippen LogP contribution >= 0.6 is 0 Å². The number of hydrogen-bond acceptors (Lipinski definition) is 5. The highest BCUT2D eigenvalue weighted by Gasteiger charge is 2.31. The summed E-state index contributed by atoms with van der Waals surface area (Å²) in [7, 11) is 0. The van der Waals surface area contributed by atoms with Crippen LogP contribution < -0.4 is 4.90 Å². The smallest absolute Gasteiger partial charge is 0.376 e. The number of piperazine rings is 1. The standard InChI is InChI=1S/C20H25F2N3O4/c1-13(10-18(26)29-20(28)23-6-3-7-23)19(27)24-8-9-25(14(2)12-24)15-4-5-16(21)17(22)11-15/h4-5,11,13-14H,3,6-10,12H2,1-2H3/t13?,14-/m0/s1. The Morgan fingerprint density at radius 2 is 1.83 bits per heavy atom. The lowest BCUT2D eigenvalue weighted by molar-refractivity contribution is -0.145. The first kappa shape index (κ1) is 21.0. The summed E-state index contributed by atoms with van der Waals surface area (Å²) in [6.07, 6.45) is 0.0676. The second-order valence-corrected chi connectivity index (χ2v) is 7.61. The van der Waals surface area contributed by atoms with E-state index in [2.05, 4.69) is 0 Å². The Morgan fingerprint density at radius 1 is 1.10 bits per heavy atom. The van der Waals surface area contributed by atoms with Crippen molar-refractivity contribution in [1.29, 1.82) is 0 Å². The number of hydrogen-bond donors (Lipinski definition) is 0. The number of halogens is 2. The monoisotopic (exact) mass is 409 g/mol. The Hall–Kier alpha value is -2.71. The lowest BCUT2D eigenvalue weighted by Gasteiger charge is -2.42. The largest absolute Gasteiger partial charge is 0.417 e. The van der Waals surface area contributed by atoms with Crippen molar-refractivity contribution in [2.75, 3.05) is 37.6 Å². The van der Waals surface area contributed by atoms with E-state index in [9.17, 15) is 23.2 Å². The first-order chi connectivity index (χ1) is 13.8. The molecule has 1 aromatic carbocycles. The molecule has 2 atom stereocenters. The Balaban J connectivity index is 1.51. The Kier molecular flexibility index (Phi) is 6.34. The third-order valence-corrected chi connectivity index (χ3v) is 5.38. The van der Waals surface area contributed by atoms with Crippen molar-refractivity contribution < 1.29 is 27.9 Å². The molecule has 0 aromatic heterocycles. The van der Waals surface area contributed by atoms with Crippen molar-refractivity contribution in [1.82, 2.24) is 9.80 Å². The van der Waals surface area contributed by atoms with Crippen LogP contribution in [0.25, 0.3) is 0 Å². The number of ether oxygens (including phenoxy) is 1. The first-order valence-electron chi connectivity index (χ1n) is 9.76. The number of carbonyl (C=O) groups is 3. The van der Waals surface area contributed by atoms with Crippen molar-refractivity contribution in [3.63, 3.8) is 0 Å². The Morgan fingerprint density at radius 3 is 2.41 bits per heavy atom. The molecule has 2 heterocycles. The molecule has 0 spiro atoms. The molecule has 7 nitrogen and oxygen atoms in total. The van der Waals surface area contributed by atoms with Gasteiger partial charge in [0.15, 0.2) is 11.6 Å². The van der Waals surface area contributed by atoms with Gasteiger partial charge in [-0.05, 0) is 25.5 Å². The highest BCUT2D eigenvalue weighted by Crippen LogP contribution is 2.24. The van der Waals surface area contributed by atoms with Crippen LogP contribution in [0.1, 0.15) is 26.7 Å². The summed E-state index contributed by atoms with van der Waals surface area (Å²) >= 11 is 0. The van der Waals surface area contributed by atoms with Gasteiger partial charge in [0.2, 0.25) is 5.91 Å². The van der Waals surface area contributed by atoms with Crippen LogP contribution in [0.2, 0.25) is 0 Å². The van der Waals surface area contributed by atoms with E-state index in [1.807, 2.05) is 11.8 Å². The number of amides is 2. The quantitative estimate of drug-likeness (QED) is 0.564. The first-order valence-corrected chi connectivity index (χ1v) is 9.76. The number of esters is 1. The van der Waals surface area contributed by atoms with Gasteiger partial charge in [-0.3, -0.25) is 9.59 Å². The second-order valence-electron chi connectivity index (χ2n) is 7.61. The Labute approximate surface area is 168 Å². The highest BCUT2D eigenvalue weighted by atomic mass is 19.2. The minimum absolute atomic E-state index is 0.107. The number of likely N-dealkylation sites (tertiary alicyclic amines) is 1. The molecule has 0 N–H and O–H groups in total. The van der Waals surface area contributed by atoms with Gasteiger partial charge in [0, 0.05) is 56.4 Å². The van der Waals surface area contributed by atoms with Gasteiger partial charge in [-0.15, -0.1) is 0 Å². The predicted octanol–water partition coefficient (Wildman–Crippen LogP) is 2.40. The van der Waals surface area contributed by atoms with Gasteiger partial charge >= 0.3 is 12.1 Å². The lowest BCUT2D eigenvalue weighted by Crippen LogP contribution is -2.55. The number of carbonyl (C=O) groups excluding carboxylic acids is 3. The van der Waals surface area contributed by atoms with Crippen molar-refractivity contribution in [3.05, 3.63) is 29.8 Å². The van der Waals surface area contributed by atoms with Crippen LogP contribution in [-0.2, 0) is 14.3 Å². The van der Waals surface area contributed by atoms with Gasteiger partial charge in [-0.2, -0.15) is 0 Å². The summed E-state index contributed by atoms with van der Waals surface area (Å²) in [6.45, 7) is 5.94. The predicted molar refractivity (Wildman–Crippen MR) is 101 cm³/mol. The molecule has 2 aliphatic heterocycles. The van der Waals surface area contributed by atoms with E-state index in [1.165, 1.54) is 11.0 Å². The number of anilines is 1. The average molecular weight is 409 g/mol. The summed E-state index contributed by atoms with van der Waals surface area (Å²) in [4.78, 5) is 41.3. The molecule has 0 aliphatic carbocycles. The molecular weight excluding hydrogens is 384 g/mol. The molecule has 1 aromatic rings. The van der Waals surface area contributed by atoms with E-state index in [0.717, 1.165) is 18.6 Å². The topological polar surface area (TPSA) is 70.2 Å². The molecule has 0 bridgehead atoms. The fourth-order valence-electron chi connectivity index (χ4n) is 3.56. The van der Waals surface area contributed by atoms with Gasteiger partial charge in [-0.1, -0.05) is 6.92 Å². The molecule has 2 fully saturated rings.